The molecule has 0 radical (unpaired) electrons. The molecule has 0 N–H and O–H groups in total. The summed E-state index contributed by atoms with van der Waals surface area (Å²) in [6.45, 7) is 6.43. The third-order valence-electron chi connectivity index (χ3n) is 5.42. The van der Waals surface area contributed by atoms with E-state index in [9.17, 15) is 0 Å². The van der Waals surface area contributed by atoms with Gasteiger partial charge in [-0.1, -0.05) is 18.2 Å². The molecule has 0 bridgehead atoms. The van der Waals surface area contributed by atoms with Crippen LogP contribution in [0.5, 0.6) is 5.75 Å². The summed E-state index contributed by atoms with van der Waals surface area (Å²) in [5, 5.41) is 8.98. The molecule has 1 unspecified atom stereocenters. The zero-order valence-electron chi connectivity index (χ0n) is 16.7. The second-order valence-corrected chi connectivity index (χ2v) is 7.38. The summed E-state index contributed by atoms with van der Waals surface area (Å²) in [5.41, 5.74) is 1.25. The van der Waals surface area contributed by atoms with Crippen molar-refractivity contribution >= 4 is 0 Å². The minimum Gasteiger partial charge on any atom is -0.494 e. The second kappa shape index (κ2) is 8.56. The van der Waals surface area contributed by atoms with Gasteiger partial charge in [0.2, 0.25) is 0 Å². The Morgan fingerprint density at radius 3 is 2.89 bits per heavy atom. The Hall–Kier alpha value is -2.67. The molecule has 7 nitrogen and oxygen atoms in total. The van der Waals surface area contributed by atoms with Gasteiger partial charge in [0, 0.05) is 44.0 Å². The molecule has 4 rings (SSSR count). The molecule has 3 heterocycles. The van der Waals surface area contributed by atoms with Crippen molar-refractivity contribution in [1.82, 2.24) is 29.2 Å². The molecule has 0 spiro atoms. The summed E-state index contributed by atoms with van der Waals surface area (Å²) >= 11 is 0. The fourth-order valence-corrected chi connectivity index (χ4v) is 3.99. The third-order valence-corrected chi connectivity index (χ3v) is 5.42. The van der Waals surface area contributed by atoms with Crippen molar-refractivity contribution in [2.45, 2.75) is 38.8 Å². The number of hydrogen-bond acceptors (Lipinski definition) is 5. The number of rotatable bonds is 7. The maximum Gasteiger partial charge on any atom is 0.152 e. The Morgan fingerprint density at radius 2 is 2.07 bits per heavy atom. The van der Waals surface area contributed by atoms with E-state index < -0.39 is 0 Å². The van der Waals surface area contributed by atoms with Gasteiger partial charge in [-0.05, 0) is 32.4 Å². The molecule has 1 aromatic carbocycles. The smallest absolute Gasteiger partial charge is 0.152 e. The Balaban J connectivity index is 1.45. The van der Waals surface area contributed by atoms with Crippen LogP contribution in [0, 0.1) is 0 Å². The molecular weight excluding hydrogens is 352 g/mol. The molecule has 148 valence electrons. The lowest BCUT2D eigenvalue weighted by Crippen LogP contribution is -2.35. The van der Waals surface area contributed by atoms with Crippen LogP contribution in [-0.2, 0) is 20.1 Å². The molecule has 7 heteroatoms. The van der Waals surface area contributed by atoms with Gasteiger partial charge in [0.15, 0.2) is 5.82 Å². The number of piperidine rings is 1. The Morgan fingerprint density at radius 1 is 1.18 bits per heavy atom. The quantitative estimate of drug-likeness (QED) is 0.631. The van der Waals surface area contributed by atoms with Gasteiger partial charge in [0.25, 0.3) is 0 Å². The van der Waals surface area contributed by atoms with Crippen LogP contribution in [0.4, 0.5) is 0 Å². The van der Waals surface area contributed by atoms with E-state index in [1.54, 1.807) is 6.20 Å². The van der Waals surface area contributed by atoms with Crippen molar-refractivity contribution < 1.29 is 4.74 Å². The third kappa shape index (κ3) is 4.09. The van der Waals surface area contributed by atoms with E-state index in [0.717, 1.165) is 43.5 Å². The van der Waals surface area contributed by atoms with Crippen molar-refractivity contribution in [2.75, 3.05) is 19.7 Å². The van der Waals surface area contributed by atoms with Crippen LogP contribution in [0.2, 0.25) is 0 Å². The maximum absolute atomic E-state index is 5.80. The predicted molar refractivity (Wildman–Crippen MR) is 107 cm³/mol. The van der Waals surface area contributed by atoms with Crippen LogP contribution < -0.4 is 4.74 Å². The van der Waals surface area contributed by atoms with Gasteiger partial charge in [-0.3, -0.25) is 4.90 Å². The van der Waals surface area contributed by atoms with E-state index in [1.165, 1.54) is 12.0 Å². The summed E-state index contributed by atoms with van der Waals surface area (Å²) in [4.78, 5) is 6.61. The molecular formula is C21H28N6O. The molecule has 1 aliphatic heterocycles. The lowest BCUT2D eigenvalue weighted by atomic mass is 9.96. The van der Waals surface area contributed by atoms with Crippen molar-refractivity contribution in [2.24, 2.45) is 7.05 Å². The molecule has 0 amide bonds. The van der Waals surface area contributed by atoms with Crippen LogP contribution in [0.1, 0.15) is 42.9 Å². The molecule has 2 aromatic heterocycles. The van der Waals surface area contributed by atoms with Gasteiger partial charge in [-0.2, -0.15) is 0 Å². The lowest BCUT2D eigenvalue weighted by Gasteiger charge is -2.32. The molecule has 0 aliphatic carbocycles. The first-order chi connectivity index (χ1) is 13.7. The first kappa shape index (κ1) is 18.7. The number of benzene rings is 1. The molecule has 1 aliphatic rings. The van der Waals surface area contributed by atoms with E-state index in [2.05, 4.69) is 49.9 Å². The SMILES string of the molecule is CCOc1ccccc1CN1CCCC(c2nnc(Cn3ccnc3)n2C)C1. The van der Waals surface area contributed by atoms with Crippen LogP contribution in [0.3, 0.4) is 0 Å². The maximum atomic E-state index is 5.80. The molecule has 28 heavy (non-hydrogen) atoms. The molecule has 1 saturated heterocycles. The zero-order chi connectivity index (χ0) is 19.3. The largest absolute Gasteiger partial charge is 0.494 e. The van der Waals surface area contributed by atoms with E-state index in [0.29, 0.717) is 19.1 Å². The van der Waals surface area contributed by atoms with Crippen LogP contribution >= 0.6 is 0 Å². The summed E-state index contributed by atoms with van der Waals surface area (Å²) in [6.07, 6.45) is 7.88. The highest BCUT2D eigenvalue weighted by Crippen LogP contribution is 2.28. The first-order valence-corrected chi connectivity index (χ1v) is 10.0. The van der Waals surface area contributed by atoms with Crippen LogP contribution in [0.15, 0.2) is 43.0 Å². The van der Waals surface area contributed by atoms with Crippen molar-refractivity contribution in [3.8, 4) is 5.75 Å². The Bertz CT molecular complexity index is 888. The summed E-state index contributed by atoms with van der Waals surface area (Å²) in [7, 11) is 2.07. The molecule has 1 atom stereocenters. The van der Waals surface area contributed by atoms with Crippen molar-refractivity contribution in [3.05, 3.63) is 60.2 Å². The predicted octanol–water partition coefficient (Wildman–Crippen LogP) is 2.84. The molecule has 1 fully saturated rings. The molecule has 3 aromatic rings. The number of aromatic nitrogens is 5. The van der Waals surface area contributed by atoms with Gasteiger partial charge >= 0.3 is 0 Å². The van der Waals surface area contributed by atoms with E-state index in [-0.39, 0.29) is 0 Å². The van der Waals surface area contributed by atoms with E-state index >= 15 is 0 Å². The van der Waals surface area contributed by atoms with Gasteiger partial charge in [-0.15, -0.1) is 10.2 Å². The fourth-order valence-electron chi connectivity index (χ4n) is 3.99. The van der Waals surface area contributed by atoms with Crippen LogP contribution in [-0.4, -0.2) is 48.9 Å². The Labute approximate surface area is 166 Å². The zero-order valence-corrected chi connectivity index (χ0v) is 16.7. The first-order valence-electron chi connectivity index (χ1n) is 10.0. The number of nitrogens with zero attached hydrogens (tertiary/aromatic N) is 6. The fraction of sp³-hybridized carbons (Fsp3) is 0.476. The standard InChI is InChI=1S/C21H28N6O/c1-3-28-19-9-5-4-7-17(19)13-26-11-6-8-18(14-26)21-24-23-20(25(21)2)15-27-12-10-22-16-27/h4-5,7,9-10,12,16,18H,3,6,8,11,13-15H2,1-2H3. The highest BCUT2D eigenvalue weighted by atomic mass is 16.5. The normalized spacial score (nSPS) is 17.7. The highest BCUT2D eigenvalue weighted by molar-refractivity contribution is 5.33. The number of imidazole rings is 1. The van der Waals surface area contributed by atoms with Crippen molar-refractivity contribution in [1.29, 1.82) is 0 Å². The summed E-state index contributed by atoms with van der Waals surface area (Å²) in [5.74, 6) is 3.44. The monoisotopic (exact) mass is 380 g/mol. The van der Waals surface area contributed by atoms with E-state index in [4.69, 9.17) is 4.74 Å². The Kier molecular flexibility index (Phi) is 5.71. The number of para-hydroxylation sites is 1. The number of hydrogen-bond donors (Lipinski definition) is 0. The van der Waals surface area contributed by atoms with Gasteiger partial charge < -0.3 is 13.9 Å². The average Bonchev–Trinajstić information content (AvgIpc) is 3.35. The minimum absolute atomic E-state index is 0.405. The lowest BCUT2D eigenvalue weighted by molar-refractivity contribution is 0.192. The minimum atomic E-state index is 0.405. The topological polar surface area (TPSA) is 61.0 Å². The average molecular weight is 380 g/mol. The molecule has 0 saturated carbocycles. The number of ether oxygens (including phenoxy) is 1. The van der Waals surface area contributed by atoms with Crippen molar-refractivity contribution in [3.63, 3.8) is 0 Å². The number of likely N-dealkylation sites (tertiary alicyclic amines) is 1. The second-order valence-electron chi connectivity index (χ2n) is 7.38. The highest BCUT2D eigenvalue weighted by Gasteiger charge is 2.26. The van der Waals surface area contributed by atoms with E-state index in [1.807, 2.05) is 30.1 Å². The van der Waals surface area contributed by atoms with Gasteiger partial charge in [0.1, 0.15) is 11.6 Å². The summed E-state index contributed by atoms with van der Waals surface area (Å²) < 4.78 is 9.98. The van der Waals surface area contributed by atoms with Crippen LogP contribution in [0.25, 0.3) is 0 Å². The van der Waals surface area contributed by atoms with Gasteiger partial charge in [0.05, 0.1) is 19.5 Å². The van der Waals surface area contributed by atoms with Gasteiger partial charge in [-0.25, -0.2) is 4.98 Å². The summed E-state index contributed by atoms with van der Waals surface area (Å²) in [6, 6.07) is 8.35.